The van der Waals surface area contributed by atoms with E-state index in [1.165, 1.54) is 36.9 Å². The van der Waals surface area contributed by atoms with E-state index < -0.39 is 0 Å². The minimum absolute atomic E-state index is 0.597. The standard InChI is InChI=1S/C51H31N3OS/c1-4-12-32(13-5-1)34-22-24-36(25-23-34)50-52-49(35-16-8-3-9-17-35)53-51(54-50)41-20-11-21-44-47(41)40-19-10-18-39(48(40)55-44)38-27-29-46-43(31-38)42-30-37(26-28-45(42)56-46)33-14-6-2-7-15-33/h1-31H. The van der Waals surface area contributed by atoms with E-state index in [4.69, 9.17) is 19.4 Å². The second kappa shape index (κ2) is 13.3. The number of thiophene rings is 1. The number of aromatic nitrogens is 3. The van der Waals surface area contributed by atoms with Gasteiger partial charge in [0.25, 0.3) is 0 Å². The Morgan fingerprint density at radius 1 is 0.339 bits per heavy atom. The number of para-hydroxylation sites is 1. The first-order valence-electron chi connectivity index (χ1n) is 18.7. The Morgan fingerprint density at radius 2 is 0.821 bits per heavy atom. The fraction of sp³-hybridized carbons (Fsp3) is 0. The Hall–Kier alpha value is -7.21. The first-order chi connectivity index (χ1) is 27.7. The highest BCUT2D eigenvalue weighted by Crippen LogP contribution is 2.43. The highest BCUT2D eigenvalue weighted by molar-refractivity contribution is 7.25. The first kappa shape index (κ1) is 32.2. The molecule has 0 saturated heterocycles. The van der Waals surface area contributed by atoms with Gasteiger partial charge < -0.3 is 4.42 Å². The van der Waals surface area contributed by atoms with Gasteiger partial charge in [0.05, 0.1) is 0 Å². The maximum absolute atomic E-state index is 6.77. The minimum Gasteiger partial charge on any atom is -0.455 e. The predicted octanol–water partition coefficient (Wildman–Crippen LogP) is 14.1. The Balaban J connectivity index is 1.06. The van der Waals surface area contributed by atoms with Crippen molar-refractivity contribution in [2.75, 3.05) is 0 Å². The Kier molecular flexibility index (Phi) is 7.64. The van der Waals surface area contributed by atoms with Gasteiger partial charge in [0, 0.05) is 53.2 Å². The van der Waals surface area contributed by atoms with Crippen LogP contribution in [0, 0.1) is 0 Å². The van der Waals surface area contributed by atoms with Gasteiger partial charge in [-0.15, -0.1) is 11.3 Å². The Labute approximate surface area is 327 Å². The largest absolute Gasteiger partial charge is 0.455 e. The van der Waals surface area contributed by atoms with Crippen molar-refractivity contribution < 1.29 is 4.42 Å². The third kappa shape index (κ3) is 5.56. The molecule has 0 fully saturated rings. The third-order valence-electron chi connectivity index (χ3n) is 10.6. The number of nitrogens with zero attached hydrogens (tertiary/aromatic N) is 3. The highest BCUT2D eigenvalue weighted by atomic mass is 32.1. The summed E-state index contributed by atoms with van der Waals surface area (Å²) in [6.45, 7) is 0. The van der Waals surface area contributed by atoms with E-state index in [2.05, 4.69) is 140 Å². The average Bonchev–Trinajstić information content (AvgIpc) is 3.85. The van der Waals surface area contributed by atoms with E-state index in [0.29, 0.717) is 17.5 Å². The van der Waals surface area contributed by atoms with Crippen LogP contribution in [0.3, 0.4) is 0 Å². The molecular weight excluding hydrogens is 703 g/mol. The van der Waals surface area contributed by atoms with Crippen molar-refractivity contribution in [1.29, 1.82) is 0 Å². The highest BCUT2D eigenvalue weighted by Gasteiger charge is 2.20. The maximum atomic E-state index is 6.77. The van der Waals surface area contributed by atoms with Gasteiger partial charge in [0.1, 0.15) is 11.2 Å². The van der Waals surface area contributed by atoms with E-state index in [9.17, 15) is 0 Å². The molecule has 0 amide bonds. The summed E-state index contributed by atoms with van der Waals surface area (Å²) >= 11 is 1.83. The summed E-state index contributed by atoms with van der Waals surface area (Å²) in [6, 6.07) is 65.6. The molecule has 0 N–H and O–H groups in total. The molecule has 0 radical (unpaired) electrons. The molecule has 11 aromatic rings. The van der Waals surface area contributed by atoms with E-state index in [1.807, 2.05) is 59.9 Å². The zero-order valence-electron chi connectivity index (χ0n) is 30.1. The predicted molar refractivity (Wildman–Crippen MR) is 233 cm³/mol. The summed E-state index contributed by atoms with van der Waals surface area (Å²) < 4.78 is 9.32. The van der Waals surface area contributed by atoms with Gasteiger partial charge in [-0.05, 0) is 58.1 Å². The van der Waals surface area contributed by atoms with Crippen LogP contribution in [0.2, 0.25) is 0 Å². The van der Waals surface area contributed by atoms with Crippen LogP contribution in [0.5, 0.6) is 0 Å². The number of rotatable bonds is 6. The fourth-order valence-electron chi connectivity index (χ4n) is 7.80. The van der Waals surface area contributed by atoms with Crippen LogP contribution in [0.4, 0.5) is 0 Å². The quantitative estimate of drug-likeness (QED) is 0.171. The zero-order chi connectivity index (χ0) is 37.0. The Morgan fingerprint density at radius 3 is 1.50 bits per heavy atom. The lowest BCUT2D eigenvalue weighted by Crippen LogP contribution is -2.00. The summed E-state index contributed by atoms with van der Waals surface area (Å²) in [5, 5.41) is 4.51. The summed E-state index contributed by atoms with van der Waals surface area (Å²) in [5.41, 5.74) is 11.3. The molecule has 56 heavy (non-hydrogen) atoms. The van der Waals surface area contributed by atoms with Gasteiger partial charge in [-0.1, -0.05) is 158 Å². The van der Waals surface area contributed by atoms with Gasteiger partial charge in [0.2, 0.25) is 0 Å². The van der Waals surface area contributed by atoms with Gasteiger partial charge >= 0.3 is 0 Å². The second-order valence-corrected chi connectivity index (χ2v) is 15.1. The topological polar surface area (TPSA) is 51.8 Å². The molecule has 262 valence electrons. The van der Waals surface area contributed by atoms with Crippen LogP contribution in [0.15, 0.2) is 192 Å². The molecule has 8 aromatic carbocycles. The van der Waals surface area contributed by atoms with Crippen molar-refractivity contribution in [2.24, 2.45) is 0 Å². The molecule has 0 spiro atoms. The zero-order valence-corrected chi connectivity index (χ0v) is 30.9. The molecule has 0 aliphatic rings. The molecule has 5 heteroatoms. The third-order valence-corrected chi connectivity index (χ3v) is 11.7. The maximum Gasteiger partial charge on any atom is 0.164 e. The van der Waals surface area contributed by atoms with Crippen molar-refractivity contribution in [3.8, 4) is 67.5 Å². The van der Waals surface area contributed by atoms with Gasteiger partial charge in [-0.2, -0.15) is 0 Å². The van der Waals surface area contributed by atoms with Crippen LogP contribution < -0.4 is 0 Å². The SMILES string of the molecule is c1ccc(-c2ccc(-c3nc(-c4ccccc4)nc(-c4cccc5oc6c(-c7ccc8sc9ccc(-c%10ccccc%10)cc9c8c7)cccc6c45)n3)cc2)cc1. The lowest BCUT2D eigenvalue weighted by atomic mass is 9.98. The van der Waals surface area contributed by atoms with Gasteiger partial charge in [0.15, 0.2) is 17.5 Å². The van der Waals surface area contributed by atoms with Gasteiger partial charge in [-0.25, -0.2) is 15.0 Å². The van der Waals surface area contributed by atoms with Crippen LogP contribution >= 0.6 is 11.3 Å². The molecule has 0 saturated carbocycles. The molecule has 11 rings (SSSR count). The first-order valence-corrected chi connectivity index (χ1v) is 19.5. The van der Waals surface area contributed by atoms with E-state index in [0.717, 1.165) is 55.3 Å². The fourth-order valence-corrected chi connectivity index (χ4v) is 8.87. The van der Waals surface area contributed by atoms with Crippen LogP contribution in [-0.2, 0) is 0 Å². The number of benzene rings is 8. The number of hydrogen-bond acceptors (Lipinski definition) is 5. The summed E-state index contributed by atoms with van der Waals surface area (Å²) in [5.74, 6) is 1.83. The second-order valence-electron chi connectivity index (χ2n) is 14.0. The van der Waals surface area contributed by atoms with Gasteiger partial charge in [-0.3, -0.25) is 0 Å². The monoisotopic (exact) mass is 733 g/mol. The van der Waals surface area contributed by atoms with Crippen molar-refractivity contribution in [3.05, 3.63) is 188 Å². The molecule has 0 unspecified atom stereocenters. The van der Waals surface area contributed by atoms with E-state index >= 15 is 0 Å². The van der Waals surface area contributed by atoms with Crippen LogP contribution in [0.1, 0.15) is 0 Å². The van der Waals surface area contributed by atoms with Crippen LogP contribution in [-0.4, -0.2) is 15.0 Å². The molecule has 4 nitrogen and oxygen atoms in total. The van der Waals surface area contributed by atoms with E-state index in [1.54, 1.807) is 0 Å². The molecule has 0 aliphatic heterocycles. The lowest BCUT2D eigenvalue weighted by Gasteiger charge is -2.10. The molecule has 3 heterocycles. The van der Waals surface area contributed by atoms with Crippen molar-refractivity contribution in [3.63, 3.8) is 0 Å². The molecule has 3 aromatic heterocycles. The summed E-state index contributed by atoms with van der Waals surface area (Å²) in [4.78, 5) is 15.3. The van der Waals surface area contributed by atoms with Crippen molar-refractivity contribution >= 4 is 53.4 Å². The van der Waals surface area contributed by atoms with Crippen LogP contribution in [0.25, 0.3) is 110 Å². The van der Waals surface area contributed by atoms with E-state index in [-0.39, 0.29) is 0 Å². The summed E-state index contributed by atoms with van der Waals surface area (Å²) in [7, 11) is 0. The molecule has 0 bridgehead atoms. The number of furan rings is 1. The summed E-state index contributed by atoms with van der Waals surface area (Å²) in [6.07, 6.45) is 0. The molecular formula is C51H31N3OS. The average molecular weight is 734 g/mol. The normalized spacial score (nSPS) is 11.6. The lowest BCUT2D eigenvalue weighted by molar-refractivity contribution is 0.670. The van der Waals surface area contributed by atoms with Crippen molar-refractivity contribution in [1.82, 2.24) is 15.0 Å². The molecule has 0 aliphatic carbocycles. The smallest absolute Gasteiger partial charge is 0.164 e. The number of hydrogen-bond donors (Lipinski definition) is 0. The number of fused-ring (bicyclic) bond motifs is 6. The minimum atomic E-state index is 0.597. The Bertz CT molecular complexity index is 3230. The van der Waals surface area contributed by atoms with Crippen molar-refractivity contribution in [2.45, 2.75) is 0 Å². The molecule has 0 atom stereocenters.